The third kappa shape index (κ3) is 2.70. The summed E-state index contributed by atoms with van der Waals surface area (Å²) in [5, 5.41) is 0. The van der Waals surface area contributed by atoms with Crippen LogP contribution in [0.1, 0.15) is 16.8 Å². The molecule has 0 amide bonds. The fourth-order valence-electron chi connectivity index (χ4n) is 2.64. The second-order valence-electron chi connectivity index (χ2n) is 5.09. The topological polar surface area (TPSA) is 23.6 Å². The number of carbonyl (C=O) groups is 1. The number of benzene rings is 1. The molecule has 0 saturated carbocycles. The van der Waals surface area contributed by atoms with Crippen LogP contribution in [0.25, 0.3) is 0 Å². The van der Waals surface area contributed by atoms with Crippen LogP contribution >= 0.6 is 0 Å². The van der Waals surface area contributed by atoms with Crippen molar-refractivity contribution in [1.29, 1.82) is 0 Å². The minimum absolute atomic E-state index is 0.159. The summed E-state index contributed by atoms with van der Waals surface area (Å²) in [7, 11) is 4.03. The molecule has 3 nitrogen and oxygen atoms in total. The molecule has 4 heteroatoms. The zero-order chi connectivity index (χ0) is 13.1. The summed E-state index contributed by atoms with van der Waals surface area (Å²) in [6, 6.07) is 4.77. The molecule has 98 valence electrons. The van der Waals surface area contributed by atoms with E-state index in [4.69, 9.17) is 0 Å². The molecule has 2 rings (SSSR count). The van der Waals surface area contributed by atoms with Crippen LogP contribution in [0.15, 0.2) is 18.2 Å². The van der Waals surface area contributed by atoms with E-state index >= 15 is 0 Å². The van der Waals surface area contributed by atoms with Gasteiger partial charge in [0, 0.05) is 25.8 Å². The minimum atomic E-state index is -0.446. The second-order valence-corrected chi connectivity index (χ2v) is 5.09. The monoisotopic (exact) mass is 250 g/mol. The molecule has 1 heterocycles. The fourth-order valence-corrected chi connectivity index (χ4v) is 2.64. The van der Waals surface area contributed by atoms with Gasteiger partial charge in [-0.3, -0.25) is 4.79 Å². The van der Waals surface area contributed by atoms with Crippen LogP contribution < -0.4 is 4.90 Å². The van der Waals surface area contributed by atoms with Crippen molar-refractivity contribution in [2.45, 2.75) is 6.42 Å². The Morgan fingerprint density at radius 2 is 2.33 bits per heavy atom. The number of halogens is 1. The lowest BCUT2D eigenvalue weighted by atomic mass is 10.1. The Morgan fingerprint density at radius 3 is 2.94 bits per heavy atom. The molecule has 0 aliphatic carbocycles. The van der Waals surface area contributed by atoms with Crippen molar-refractivity contribution in [3.8, 4) is 0 Å². The molecule has 0 radical (unpaired) electrons. The smallest absolute Gasteiger partial charge is 0.155 e. The highest BCUT2D eigenvalue weighted by Crippen LogP contribution is 2.23. The Kier molecular flexibility index (Phi) is 3.97. The Labute approximate surface area is 107 Å². The molecule has 1 saturated heterocycles. The lowest BCUT2D eigenvalue weighted by molar-refractivity contribution is 0.112. The van der Waals surface area contributed by atoms with Crippen molar-refractivity contribution in [2.75, 3.05) is 38.6 Å². The molecule has 0 N–H and O–H groups in total. The van der Waals surface area contributed by atoms with E-state index in [0.717, 1.165) is 26.1 Å². The highest BCUT2D eigenvalue weighted by Gasteiger charge is 2.22. The minimum Gasteiger partial charge on any atom is -0.374 e. The van der Waals surface area contributed by atoms with Gasteiger partial charge in [0.15, 0.2) is 6.29 Å². The van der Waals surface area contributed by atoms with Crippen molar-refractivity contribution in [2.24, 2.45) is 5.92 Å². The van der Waals surface area contributed by atoms with E-state index in [9.17, 15) is 9.18 Å². The molecule has 1 aliphatic rings. The van der Waals surface area contributed by atoms with E-state index in [1.54, 1.807) is 12.1 Å². The van der Waals surface area contributed by atoms with Crippen molar-refractivity contribution in [1.82, 2.24) is 4.90 Å². The summed E-state index contributed by atoms with van der Waals surface area (Å²) in [4.78, 5) is 15.2. The summed E-state index contributed by atoms with van der Waals surface area (Å²) in [6.07, 6.45) is 1.76. The van der Waals surface area contributed by atoms with Crippen LogP contribution in [0.4, 0.5) is 10.1 Å². The average Bonchev–Trinajstić information content (AvgIpc) is 2.74. The second kappa shape index (κ2) is 5.48. The van der Waals surface area contributed by atoms with Crippen LogP contribution in [-0.2, 0) is 0 Å². The van der Waals surface area contributed by atoms with Crippen molar-refractivity contribution >= 4 is 12.0 Å². The molecule has 1 aliphatic heterocycles. The maximum absolute atomic E-state index is 13.5. The number of anilines is 1. The molecule has 1 aromatic carbocycles. The lowest BCUT2D eigenvalue weighted by Crippen LogP contribution is -2.28. The number of nitrogens with zero attached hydrogens (tertiary/aromatic N) is 2. The van der Waals surface area contributed by atoms with Crippen molar-refractivity contribution in [3.05, 3.63) is 29.6 Å². The van der Waals surface area contributed by atoms with Crippen LogP contribution in [0, 0.1) is 11.7 Å². The number of aldehydes is 1. The molecule has 1 unspecified atom stereocenters. The molecule has 0 spiro atoms. The predicted molar refractivity (Wildman–Crippen MR) is 70.7 cm³/mol. The summed E-state index contributed by atoms with van der Waals surface area (Å²) in [5.74, 6) is 0.139. The molecule has 1 atom stereocenters. The predicted octanol–water partition coefficient (Wildman–Crippen LogP) is 2.03. The first-order valence-corrected chi connectivity index (χ1v) is 6.25. The van der Waals surface area contributed by atoms with Crippen LogP contribution in [0.3, 0.4) is 0 Å². The first-order chi connectivity index (χ1) is 8.61. The summed E-state index contributed by atoms with van der Waals surface area (Å²) in [6.45, 7) is 3.03. The Bertz CT molecular complexity index is 436. The molecule has 1 fully saturated rings. The SMILES string of the molecule is CN1CCC(CN(C)c2cccc(F)c2C=O)C1. The first-order valence-electron chi connectivity index (χ1n) is 6.25. The highest BCUT2D eigenvalue weighted by atomic mass is 19.1. The number of hydrogen-bond acceptors (Lipinski definition) is 3. The quantitative estimate of drug-likeness (QED) is 0.764. The lowest BCUT2D eigenvalue weighted by Gasteiger charge is -2.24. The van der Waals surface area contributed by atoms with E-state index in [1.165, 1.54) is 6.07 Å². The number of carbonyl (C=O) groups excluding carboxylic acids is 1. The van der Waals surface area contributed by atoms with E-state index in [2.05, 4.69) is 11.9 Å². The van der Waals surface area contributed by atoms with Gasteiger partial charge in [-0.25, -0.2) is 4.39 Å². The summed E-state index contributed by atoms with van der Waals surface area (Å²) < 4.78 is 13.5. The maximum atomic E-state index is 13.5. The van der Waals surface area contributed by atoms with Gasteiger partial charge < -0.3 is 9.80 Å². The van der Waals surface area contributed by atoms with Gasteiger partial charge in [-0.2, -0.15) is 0 Å². The molecule has 0 aromatic heterocycles. The van der Waals surface area contributed by atoms with Gasteiger partial charge in [0.25, 0.3) is 0 Å². The van der Waals surface area contributed by atoms with Gasteiger partial charge in [0.1, 0.15) is 5.82 Å². The van der Waals surface area contributed by atoms with Crippen LogP contribution in [0.2, 0.25) is 0 Å². The summed E-state index contributed by atoms with van der Waals surface area (Å²) in [5.41, 5.74) is 0.839. The van der Waals surface area contributed by atoms with Gasteiger partial charge in [0.05, 0.1) is 5.56 Å². The largest absolute Gasteiger partial charge is 0.374 e. The normalized spacial score (nSPS) is 20.1. The zero-order valence-corrected chi connectivity index (χ0v) is 10.9. The van der Waals surface area contributed by atoms with Crippen molar-refractivity contribution < 1.29 is 9.18 Å². The average molecular weight is 250 g/mol. The van der Waals surface area contributed by atoms with E-state index in [-0.39, 0.29) is 5.56 Å². The Balaban J connectivity index is 2.11. The zero-order valence-electron chi connectivity index (χ0n) is 10.9. The van der Waals surface area contributed by atoms with Gasteiger partial charge >= 0.3 is 0 Å². The van der Waals surface area contributed by atoms with Gasteiger partial charge in [-0.15, -0.1) is 0 Å². The van der Waals surface area contributed by atoms with Crippen molar-refractivity contribution in [3.63, 3.8) is 0 Å². The molecule has 0 bridgehead atoms. The standard InChI is InChI=1S/C14H19FN2O/c1-16-7-6-11(8-16)9-17(2)14-5-3-4-13(15)12(14)10-18/h3-5,10-11H,6-9H2,1-2H3. The molecule has 1 aromatic rings. The summed E-state index contributed by atoms with van der Waals surface area (Å²) >= 11 is 0. The fraction of sp³-hybridized carbons (Fsp3) is 0.500. The highest BCUT2D eigenvalue weighted by molar-refractivity contribution is 5.84. The van der Waals surface area contributed by atoms with Crippen LogP contribution in [-0.4, -0.2) is 44.9 Å². The van der Waals surface area contributed by atoms with Crippen LogP contribution in [0.5, 0.6) is 0 Å². The number of hydrogen-bond donors (Lipinski definition) is 0. The first kappa shape index (κ1) is 13.0. The molecular formula is C14H19FN2O. The number of likely N-dealkylation sites (tertiary alicyclic amines) is 1. The Morgan fingerprint density at radius 1 is 1.56 bits per heavy atom. The van der Waals surface area contributed by atoms with E-state index in [0.29, 0.717) is 17.9 Å². The number of rotatable bonds is 4. The maximum Gasteiger partial charge on any atom is 0.155 e. The third-order valence-corrected chi connectivity index (χ3v) is 3.58. The van der Waals surface area contributed by atoms with Gasteiger partial charge in [-0.1, -0.05) is 6.07 Å². The molecular weight excluding hydrogens is 231 g/mol. The van der Waals surface area contributed by atoms with Gasteiger partial charge in [-0.05, 0) is 38.1 Å². The third-order valence-electron chi connectivity index (χ3n) is 3.58. The van der Waals surface area contributed by atoms with Gasteiger partial charge in [0.2, 0.25) is 0 Å². The Hall–Kier alpha value is -1.42. The van der Waals surface area contributed by atoms with E-state index < -0.39 is 5.82 Å². The molecule has 18 heavy (non-hydrogen) atoms. The van der Waals surface area contributed by atoms with E-state index in [1.807, 2.05) is 11.9 Å².